The zero-order valence-electron chi connectivity index (χ0n) is 18.2. The van der Waals surface area contributed by atoms with Crippen molar-refractivity contribution in [2.75, 3.05) is 7.11 Å². The highest BCUT2D eigenvalue weighted by Crippen LogP contribution is 2.31. The molecule has 0 saturated carbocycles. The van der Waals surface area contributed by atoms with Crippen LogP contribution >= 0.6 is 0 Å². The summed E-state index contributed by atoms with van der Waals surface area (Å²) in [6, 6.07) is 24.6. The molecule has 0 N–H and O–H groups in total. The van der Waals surface area contributed by atoms with Gasteiger partial charge in [0, 0.05) is 12.1 Å². The molecule has 0 atom stereocenters. The maximum atomic E-state index is 13.0. The van der Waals surface area contributed by atoms with E-state index < -0.39 is 5.97 Å². The molecule has 0 unspecified atom stereocenters. The van der Waals surface area contributed by atoms with Gasteiger partial charge in [-0.3, -0.25) is 0 Å². The molecule has 0 amide bonds. The average Bonchev–Trinajstić information content (AvgIpc) is 2.82. The van der Waals surface area contributed by atoms with Crippen molar-refractivity contribution in [2.45, 2.75) is 45.8 Å². The van der Waals surface area contributed by atoms with E-state index >= 15 is 0 Å². The molecule has 0 aliphatic rings. The van der Waals surface area contributed by atoms with E-state index in [0.717, 1.165) is 36.0 Å². The zero-order chi connectivity index (χ0) is 21.9. The predicted molar refractivity (Wildman–Crippen MR) is 121 cm³/mol. The minimum Gasteiger partial charge on any atom is -0.496 e. The van der Waals surface area contributed by atoms with Crippen molar-refractivity contribution in [3.05, 3.63) is 95.1 Å². The molecule has 0 aliphatic heterocycles. The third-order valence-electron chi connectivity index (χ3n) is 4.99. The van der Waals surface area contributed by atoms with Crippen molar-refractivity contribution in [3.8, 4) is 11.5 Å². The van der Waals surface area contributed by atoms with E-state index in [2.05, 4.69) is 13.0 Å². The first kappa shape index (κ1) is 22.4. The van der Waals surface area contributed by atoms with E-state index in [1.807, 2.05) is 60.7 Å². The summed E-state index contributed by atoms with van der Waals surface area (Å²) < 4.78 is 17.1. The van der Waals surface area contributed by atoms with Gasteiger partial charge in [0.2, 0.25) is 0 Å². The first-order chi connectivity index (χ1) is 15.2. The van der Waals surface area contributed by atoms with Crippen LogP contribution in [-0.2, 0) is 24.4 Å². The molecule has 3 aromatic carbocycles. The minimum atomic E-state index is -0.405. The predicted octanol–water partition coefficient (Wildman–Crippen LogP) is 6.16. The molecular formula is C27H29O4. The van der Waals surface area contributed by atoms with E-state index in [-0.39, 0.29) is 6.61 Å². The molecule has 0 heterocycles. The van der Waals surface area contributed by atoms with Crippen LogP contribution in [0.3, 0.4) is 0 Å². The SMILES string of the molecule is CCCCCc1[c]c(OCc2ccccc2)cc(OC)c1C(=O)OCc1ccccc1. The summed E-state index contributed by atoms with van der Waals surface area (Å²) in [6.45, 7) is 2.79. The average molecular weight is 418 g/mol. The molecular weight excluding hydrogens is 388 g/mol. The van der Waals surface area contributed by atoms with Crippen LogP contribution in [0.2, 0.25) is 0 Å². The molecule has 0 spiro atoms. The number of unbranched alkanes of at least 4 members (excludes halogenated alkanes) is 2. The van der Waals surface area contributed by atoms with Crippen LogP contribution in [-0.4, -0.2) is 13.1 Å². The summed E-state index contributed by atoms with van der Waals surface area (Å²) >= 11 is 0. The van der Waals surface area contributed by atoms with Gasteiger partial charge in [0.25, 0.3) is 0 Å². The van der Waals surface area contributed by atoms with Crippen molar-refractivity contribution in [2.24, 2.45) is 0 Å². The number of hydrogen-bond donors (Lipinski definition) is 0. The Morgan fingerprint density at radius 3 is 2.16 bits per heavy atom. The van der Waals surface area contributed by atoms with Crippen LogP contribution in [0, 0.1) is 6.07 Å². The van der Waals surface area contributed by atoms with Gasteiger partial charge < -0.3 is 14.2 Å². The van der Waals surface area contributed by atoms with Gasteiger partial charge in [-0.1, -0.05) is 80.4 Å². The number of esters is 1. The standard InChI is InChI=1S/C27H29O4/c1-3-4-7-16-23-17-24(30-19-21-12-8-5-9-13-21)18-25(29-2)26(23)27(28)31-20-22-14-10-6-11-15-22/h5-6,8-15,18H,3-4,7,16,19-20H2,1-2H3. The second-order valence-electron chi connectivity index (χ2n) is 7.35. The van der Waals surface area contributed by atoms with Gasteiger partial charge in [-0.2, -0.15) is 0 Å². The van der Waals surface area contributed by atoms with Gasteiger partial charge in [-0.15, -0.1) is 0 Å². The number of aryl methyl sites for hydroxylation is 1. The normalized spacial score (nSPS) is 10.5. The van der Waals surface area contributed by atoms with E-state index in [1.54, 1.807) is 13.2 Å². The van der Waals surface area contributed by atoms with Crippen molar-refractivity contribution < 1.29 is 19.0 Å². The van der Waals surface area contributed by atoms with Crippen molar-refractivity contribution in [3.63, 3.8) is 0 Å². The maximum Gasteiger partial charge on any atom is 0.342 e. The van der Waals surface area contributed by atoms with Gasteiger partial charge in [0.15, 0.2) is 0 Å². The molecule has 0 fully saturated rings. The highest BCUT2D eigenvalue weighted by molar-refractivity contribution is 5.94. The Morgan fingerprint density at radius 1 is 0.903 bits per heavy atom. The first-order valence-corrected chi connectivity index (χ1v) is 10.7. The molecule has 3 rings (SSSR count). The first-order valence-electron chi connectivity index (χ1n) is 10.7. The summed E-state index contributed by atoms with van der Waals surface area (Å²) in [5, 5.41) is 0. The molecule has 161 valence electrons. The number of carbonyl (C=O) groups excluding carboxylic acids is 1. The lowest BCUT2D eigenvalue weighted by Gasteiger charge is -2.16. The summed E-state index contributed by atoms with van der Waals surface area (Å²) in [7, 11) is 1.56. The third kappa shape index (κ3) is 6.61. The van der Waals surface area contributed by atoms with Crippen LogP contribution in [0.5, 0.6) is 11.5 Å². The number of methoxy groups -OCH3 is 1. The monoisotopic (exact) mass is 417 g/mol. The maximum absolute atomic E-state index is 13.0. The van der Waals surface area contributed by atoms with Crippen molar-refractivity contribution in [1.29, 1.82) is 0 Å². The lowest BCUT2D eigenvalue weighted by molar-refractivity contribution is 0.0467. The van der Waals surface area contributed by atoms with Crippen molar-refractivity contribution in [1.82, 2.24) is 0 Å². The molecule has 0 aromatic heterocycles. The fraction of sp³-hybridized carbons (Fsp3) is 0.296. The second-order valence-corrected chi connectivity index (χ2v) is 7.35. The summed E-state index contributed by atoms with van der Waals surface area (Å²) in [5.41, 5.74) is 3.21. The number of rotatable bonds is 11. The Bertz CT molecular complexity index is 952. The Kier molecular flexibility index (Phi) is 8.53. The fourth-order valence-electron chi connectivity index (χ4n) is 3.32. The quantitative estimate of drug-likeness (QED) is 0.277. The molecule has 31 heavy (non-hydrogen) atoms. The number of hydrogen-bond acceptors (Lipinski definition) is 4. The lowest BCUT2D eigenvalue weighted by Crippen LogP contribution is -2.11. The van der Waals surface area contributed by atoms with Crippen molar-refractivity contribution >= 4 is 5.97 Å². The Hall–Kier alpha value is -3.27. The molecule has 0 bridgehead atoms. The van der Waals surface area contributed by atoms with E-state index in [1.165, 1.54) is 0 Å². The van der Waals surface area contributed by atoms with Gasteiger partial charge in [0.05, 0.1) is 7.11 Å². The lowest BCUT2D eigenvalue weighted by atomic mass is 9.99. The Morgan fingerprint density at radius 2 is 1.55 bits per heavy atom. The largest absolute Gasteiger partial charge is 0.496 e. The minimum absolute atomic E-state index is 0.212. The van der Waals surface area contributed by atoms with E-state index in [0.29, 0.717) is 30.1 Å². The molecule has 0 aliphatic carbocycles. The highest BCUT2D eigenvalue weighted by Gasteiger charge is 2.21. The molecule has 4 heteroatoms. The van der Waals surface area contributed by atoms with E-state index in [4.69, 9.17) is 14.2 Å². The summed E-state index contributed by atoms with van der Waals surface area (Å²) in [5.74, 6) is 0.608. The smallest absolute Gasteiger partial charge is 0.342 e. The second kappa shape index (κ2) is 11.8. The number of benzene rings is 3. The Labute approximate surface area is 184 Å². The van der Waals surface area contributed by atoms with E-state index in [9.17, 15) is 4.79 Å². The molecule has 4 nitrogen and oxygen atoms in total. The van der Waals surface area contributed by atoms with Crippen LogP contribution in [0.4, 0.5) is 0 Å². The van der Waals surface area contributed by atoms with Crippen LogP contribution < -0.4 is 9.47 Å². The Balaban J connectivity index is 1.81. The van der Waals surface area contributed by atoms with Gasteiger partial charge >= 0.3 is 5.97 Å². The third-order valence-corrected chi connectivity index (χ3v) is 4.99. The fourth-order valence-corrected chi connectivity index (χ4v) is 3.32. The van der Waals surface area contributed by atoms with Gasteiger partial charge in [0.1, 0.15) is 30.3 Å². The number of ether oxygens (including phenoxy) is 3. The molecule has 0 saturated heterocycles. The van der Waals surface area contributed by atoms with Crippen LogP contribution in [0.15, 0.2) is 66.7 Å². The molecule has 3 aromatic rings. The molecule has 1 radical (unpaired) electrons. The van der Waals surface area contributed by atoms with Gasteiger partial charge in [-0.05, 0) is 29.5 Å². The van der Waals surface area contributed by atoms with Crippen LogP contribution in [0.1, 0.15) is 53.2 Å². The topological polar surface area (TPSA) is 44.8 Å². The zero-order valence-corrected chi connectivity index (χ0v) is 18.2. The highest BCUT2D eigenvalue weighted by atomic mass is 16.5. The number of carbonyl (C=O) groups is 1. The summed E-state index contributed by atoms with van der Waals surface area (Å²) in [4.78, 5) is 13.0. The van der Waals surface area contributed by atoms with Crippen LogP contribution in [0.25, 0.3) is 0 Å². The summed E-state index contributed by atoms with van der Waals surface area (Å²) in [6.07, 6.45) is 3.83. The van der Waals surface area contributed by atoms with Gasteiger partial charge in [-0.25, -0.2) is 4.79 Å².